The van der Waals surface area contributed by atoms with Crippen LogP contribution in [-0.2, 0) is 9.53 Å². The Morgan fingerprint density at radius 1 is 1.27 bits per heavy atom. The lowest BCUT2D eigenvalue weighted by atomic mass is 9.99. The number of carbonyl (C=O) groups excluding carboxylic acids is 1. The molecule has 0 radical (unpaired) electrons. The number of carbonyl (C=O) groups is 1. The Kier molecular flexibility index (Phi) is 8.33. The average Bonchev–Trinajstić information content (AvgIpc) is 2.25. The average molecular weight is 218 g/mol. The van der Waals surface area contributed by atoms with Gasteiger partial charge in [-0.15, -0.1) is 0 Å². The van der Waals surface area contributed by atoms with Crippen LogP contribution in [0.4, 0.5) is 0 Å². The molecule has 4 nitrogen and oxygen atoms in total. The summed E-state index contributed by atoms with van der Waals surface area (Å²) < 4.78 is 4.91. The van der Waals surface area contributed by atoms with E-state index in [4.69, 9.17) is 14.9 Å². The third-order valence-electron chi connectivity index (χ3n) is 2.24. The maximum Gasteiger partial charge on any atom is 0.309 e. The predicted molar refractivity (Wildman–Crippen MR) is 57.4 cm³/mol. The maximum absolute atomic E-state index is 11.5. The van der Waals surface area contributed by atoms with Gasteiger partial charge in [-0.05, 0) is 12.8 Å². The molecule has 0 saturated heterocycles. The first-order valence-electron chi connectivity index (χ1n) is 5.61. The molecular formula is C11H22O4. The molecular weight excluding hydrogens is 196 g/mol. The Morgan fingerprint density at radius 3 is 2.20 bits per heavy atom. The molecule has 0 spiro atoms. The second-order valence-corrected chi connectivity index (χ2v) is 3.74. The second kappa shape index (κ2) is 8.68. The van der Waals surface area contributed by atoms with Gasteiger partial charge in [0.1, 0.15) is 12.7 Å². The van der Waals surface area contributed by atoms with Crippen LogP contribution in [0.5, 0.6) is 0 Å². The Morgan fingerprint density at radius 2 is 1.80 bits per heavy atom. The molecule has 0 aliphatic carbocycles. The van der Waals surface area contributed by atoms with Crippen LogP contribution < -0.4 is 0 Å². The first-order valence-corrected chi connectivity index (χ1v) is 5.61. The Hall–Kier alpha value is -0.610. The summed E-state index contributed by atoms with van der Waals surface area (Å²) in [6, 6.07) is 0. The lowest BCUT2D eigenvalue weighted by molar-refractivity contribution is -0.152. The lowest BCUT2D eigenvalue weighted by Gasteiger charge is -2.15. The van der Waals surface area contributed by atoms with Crippen LogP contribution in [0.15, 0.2) is 0 Å². The van der Waals surface area contributed by atoms with Crippen LogP contribution in [-0.4, -0.2) is 35.5 Å². The number of hydrogen-bond donors (Lipinski definition) is 2. The topological polar surface area (TPSA) is 66.8 Å². The van der Waals surface area contributed by atoms with Crippen LogP contribution >= 0.6 is 0 Å². The summed E-state index contributed by atoms with van der Waals surface area (Å²) in [6.45, 7) is 3.57. The summed E-state index contributed by atoms with van der Waals surface area (Å²) in [5.41, 5.74) is 0. The van der Waals surface area contributed by atoms with Crippen LogP contribution in [0.25, 0.3) is 0 Å². The zero-order chi connectivity index (χ0) is 11.7. The first kappa shape index (κ1) is 14.4. The van der Waals surface area contributed by atoms with Crippen molar-refractivity contribution >= 4 is 5.97 Å². The number of hydrogen-bond acceptors (Lipinski definition) is 4. The van der Waals surface area contributed by atoms with Crippen molar-refractivity contribution in [3.63, 3.8) is 0 Å². The molecule has 4 heteroatoms. The van der Waals surface area contributed by atoms with Gasteiger partial charge in [-0.1, -0.05) is 26.7 Å². The maximum atomic E-state index is 11.5. The van der Waals surface area contributed by atoms with Crippen molar-refractivity contribution in [3.8, 4) is 0 Å². The largest absolute Gasteiger partial charge is 0.463 e. The van der Waals surface area contributed by atoms with E-state index in [1.54, 1.807) is 0 Å². The molecule has 0 amide bonds. The smallest absolute Gasteiger partial charge is 0.309 e. The molecule has 0 rings (SSSR count). The monoisotopic (exact) mass is 218 g/mol. The summed E-state index contributed by atoms with van der Waals surface area (Å²) in [7, 11) is 0. The molecule has 1 unspecified atom stereocenters. The van der Waals surface area contributed by atoms with Crippen molar-refractivity contribution in [2.45, 2.75) is 45.6 Å². The van der Waals surface area contributed by atoms with Gasteiger partial charge >= 0.3 is 5.97 Å². The van der Waals surface area contributed by atoms with Gasteiger partial charge in [0.2, 0.25) is 0 Å². The fraction of sp³-hybridized carbons (Fsp3) is 0.909. The highest BCUT2D eigenvalue weighted by atomic mass is 16.5. The third-order valence-corrected chi connectivity index (χ3v) is 2.24. The number of rotatable bonds is 8. The number of ether oxygens (including phenoxy) is 1. The summed E-state index contributed by atoms with van der Waals surface area (Å²) in [5, 5.41) is 17.6. The Balaban J connectivity index is 3.90. The highest BCUT2D eigenvalue weighted by Gasteiger charge is 2.18. The van der Waals surface area contributed by atoms with E-state index in [0.717, 1.165) is 25.7 Å². The SMILES string of the molecule is CCCC(CCC)C(=O)OCC(O)CO. The van der Waals surface area contributed by atoms with Crippen molar-refractivity contribution in [1.29, 1.82) is 0 Å². The van der Waals surface area contributed by atoms with Crippen molar-refractivity contribution in [2.24, 2.45) is 5.92 Å². The summed E-state index contributed by atoms with van der Waals surface area (Å²) in [5.74, 6) is -0.322. The van der Waals surface area contributed by atoms with E-state index in [9.17, 15) is 4.79 Å². The van der Waals surface area contributed by atoms with Crippen LogP contribution in [0.2, 0.25) is 0 Å². The Bertz CT molecular complexity index is 164. The molecule has 90 valence electrons. The minimum atomic E-state index is -0.960. The fourth-order valence-electron chi connectivity index (χ4n) is 1.43. The van der Waals surface area contributed by atoms with Crippen LogP contribution in [0.3, 0.4) is 0 Å². The number of aliphatic hydroxyl groups excluding tert-OH is 2. The summed E-state index contributed by atoms with van der Waals surface area (Å²) in [6.07, 6.45) is 2.58. The standard InChI is InChI=1S/C11H22O4/c1-3-5-9(6-4-2)11(14)15-8-10(13)7-12/h9-10,12-13H,3-8H2,1-2H3. The van der Waals surface area contributed by atoms with E-state index in [-0.39, 0.29) is 25.1 Å². The summed E-state index contributed by atoms with van der Waals surface area (Å²) >= 11 is 0. The lowest BCUT2D eigenvalue weighted by Crippen LogP contribution is -2.25. The number of aliphatic hydroxyl groups is 2. The van der Waals surface area contributed by atoms with Crippen molar-refractivity contribution in [2.75, 3.05) is 13.2 Å². The third kappa shape index (κ3) is 6.47. The molecule has 2 N–H and O–H groups in total. The second-order valence-electron chi connectivity index (χ2n) is 3.74. The molecule has 0 aromatic carbocycles. The molecule has 0 aromatic heterocycles. The zero-order valence-electron chi connectivity index (χ0n) is 9.61. The van der Waals surface area contributed by atoms with Gasteiger partial charge in [-0.2, -0.15) is 0 Å². The highest BCUT2D eigenvalue weighted by molar-refractivity contribution is 5.72. The van der Waals surface area contributed by atoms with E-state index in [2.05, 4.69) is 0 Å². The van der Waals surface area contributed by atoms with E-state index in [1.165, 1.54) is 0 Å². The van der Waals surface area contributed by atoms with Crippen molar-refractivity contribution < 1.29 is 19.7 Å². The van der Waals surface area contributed by atoms with Gasteiger partial charge in [-0.25, -0.2) is 0 Å². The molecule has 15 heavy (non-hydrogen) atoms. The van der Waals surface area contributed by atoms with Crippen LogP contribution in [0.1, 0.15) is 39.5 Å². The molecule has 0 aliphatic rings. The van der Waals surface area contributed by atoms with Gasteiger partial charge in [0, 0.05) is 0 Å². The molecule has 0 aliphatic heterocycles. The first-order chi connectivity index (χ1) is 7.15. The molecule has 0 saturated carbocycles. The normalized spacial score (nSPS) is 12.9. The quantitative estimate of drug-likeness (QED) is 0.599. The van der Waals surface area contributed by atoms with Gasteiger partial charge in [0.15, 0.2) is 0 Å². The molecule has 0 aromatic rings. The molecule has 0 heterocycles. The minimum Gasteiger partial charge on any atom is -0.463 e. The molecule has 0 bridgehead atoms. The molecule has 0 fully saturated rings. The minimum absolute atomic E-state index is 0.0640. The van der Waals surface area contributed by atoms with E-state index in [1.807, 2.05) is 13.8 Å². The van der Waals surface area contributed by atoms with Crippen LogP contribution in [0, 0.1) is 5.92 Å². The van der Waals surface area contributed by atoms with E-state index >= 15 is 0 Å². The highest BCUT2D eigenvalue weighted by Crippen LogP contribution is 2.15. The van der Waals surface area contributed by atoms with E-state index in [0.29, 0.717) is 0 Å². The van der Waals surface area contributed by atoms with Gasteiger partial charge in [0.05, 0.1) is 12.5 Å². The van der Waals surface area contributed by atoms with Crippen molar-refractivity contribution in [1.82, 2.24) is 0 Å². The van der Waals surface area contributed by atoms with E-state index < -0.39 is 6.10 Å². The predicted octanol–water partition coefficient (Wildman–Crippen LogP) is 1.10. The fourth-order valence-corrected chi connectivity index (χ4v) is 1.43. The van der Waals surface area contributed by atoms with Gasteiger partial charge in [0.25, 0.3) is 0 Å². The van der Waals surface area contributed by atoms with Gasteiger partial charge < -0.3 is 14.9 Å². The van der Waals surface area contributed by atoms with Gasteiger partial charge in [-0.3, -0.25) is 4.79 Å². The molecule has 1 atom stereocenters. The van der Waals surface area contributed by atoms with Crippen molar-refractivity contribution in [3.05, 3.63) is 0 Å². The zero-order valence-corrected chi connectivity index (χ0v) is 9.61. The number of esters is 1. The summed E-state index contributed by atoms with van der Waals surface area (Å²) in [4.78, 5) is 11.5. The Labute approximate surface area is 91.3 Å².